The summed E-state index contributed by atoms with van der Waals surface area (Å²) < 4.78 is 28.9. The van der Waals surface area contributed by atoms with Crippen LogP contribution in [-0.4, -0.2) is 43.8 Å². The molecule has 3 aliphatic carbocycles. The zero-order chi connectivity index (χ0) is 24.5. The van der Waals surface area contributed by atoms with Gasteiger partial charge in [-0.15, -0.1) is 0 Å². The molecule has 2 atom stereocenters. The minimum atomic E-state index is -0.671. The number of carbonyl (C=O) groups is 1. The molecule has 0 spiro atoms. The lowest BCUT2D eigenvalue weighted by Gasteiger charge is -2.41. The van der Waals surface area contributed by atoms with Gasteiger partial charge in [-0.3, -0.25) is 9.59 Å². The number of hydrogen-bond acceptors (Lipinski definition) is 5. The molecule has 2 bridgehead atoms. The monoisotopic (exact) mass is 477 g/mol. The van der Waals surface area contributed by atoms with Crippen LogP contribution in [0.15, 0.2) is 41.2 Å². The molecular formula is C26H25F2N5O2. The van der Waals surface area contributed by atoms with E-state index in [4.69, 9.17) is 0 Å². The van der Waals surface area contributed by atoms with E-state index in [0.717, 1.165) is 36.9 Å². The molecule has 3 aliphatic rings. The van der Waals surface area contributed by atoms with Crippen molar-refractivity contribution in [3.63, 3.8) is 0 Å². The van der Waals surface area contributed by atoms with Crippen molar-refractivity contribution in [2.45, 2.75) is 56.9 Å². The first-order valence-electron chi connectivity index (χ1n) is 11.9. The number of hydrogen-bond donors (Lipinski definition) is 1. The lowest BCUT2D eigenvalue weighted by Crippen LogP contribution is -2.49. The van der Waals surface area contributed by atoms with E-state index in [1.165, 1.54) is 30.3 Å². The van der Waals surface area contributed by atoms with E-state index in [9.17, 15) is 18.4 Å². The highest BCUT2D eigenvalue weighted by atomic mass is 19.1. The van der Waals surface area contributed by atoms with E-state index >= 15 is 0 Å². The van der Waals surface area contributed by atoms with E-state index < -0.39 is 17.0 Å². The number of carbonyl (C=O) groups excluding carboxylic acids is 1. The second-order valence-corrected chi connectivity index (χ2v) is 10.5. The Morgan fingerprint density at radius 3 is 2.51 bits per heavy atom. The van der Waals surface area contributed by atoms with Gasteiger partial charge in [-0.25, -0.2) is 13.9 Å². The van der Waals surface area contributed by atoms with E-state index in [0.29, 0.717) is 6.54 Å². The Morgan fingerprint density at radius 1 is 1.11 bits per heavy atom. The van der Waals surface area contributed by atoms with Gasteiger partial charge in [-0.1, -0.05) is 19.9 Å². The Bertz CT molecular complexity index is 1380. The van der Waals surface area contributed by atoms with Crippen molar-refractivity contribution >= 4 is 5.91 Å². The van der Waals surface area contributed by atoms with E-state index in [1.807, 2.05) is 4.90 Å². The fourth-order valence-electron chi connectivity index (χ4n) is 6.30. The number of nitrogens with zero attached hydrogens (tertiary/aromatic N) is 4. The fourth-order valence-corrected chi connectivity index (χ4v) is 6.30. The topological polar surface area (TPSA) is 91.8 Å². The third-order valence-electron chi connectivity index (χ3n) is 8.42. The van der Waals surface area contributed by atoms with Crippen LogP contribution in [-0.2, 0) is 5.41 Å². The largest absolute Gasteiger partial charge is 0.333 e. The SMILES string of the molecule is CC1(C)[C@H]2CC[C@]1(CN(C(=O)c1ccc(=O)[nH]n1)C1CC1)c1nnc(-c3c(F)cccc3F)cc12. The van der Waals surface area contributed by atoms with Gasteiger partial charge in [-0.2, -0.15) is 15.3 Å². The highest BCUT2D eigenvalue weighted by molar-refractivity contribution is 5.92. The van der Waals surface area contributed by atoms with Crippen LogP contribution in [0.1, 0.15) is 67.2 Å². The molecule has 2 saturated carbocycles. The summed E-state index contributed by atoms with van der Waals surface area (Å²) in [6.45, 7) is 4.82. The number of rotatable bonds is 5. The average molecular weight is 478 g/mol. The summed E-state index contributed by atoms with van der Waals surface area (Å²) in [4.78, 5) is 26.8. The number of benzene rings is 1. The lowest BCUT2D eigenvalue weighted by atomic mass is 9.68. The Labute approximate surface area is 200 Å². The molecule has 1 amide bonds. The molecule has 35 heavy (non-hydrogen) atoms. The maximum absolute atomic E-state index is 14.5. The average Bonchev–Trinajstić information content (AvgIpc) is 3.61. The van der Waals surface area contributed by atoms with Crippen LogP contribution in [0.4, 0.5) is 8.78 Å². The molecule has 6 rings (SSSR count). The number of aromatic amines is 1. The Morgan fingerprint density at radius 2 is 1.86 bits per heavy atom. The smallest absolute Gasteiger partial charge is 0.274 e. The number of halogens is 2. The number of H-pyrrole nitrogens is 1. The van der Waals surface area contributed by atoms with Crippen molar-refractivity contribution in [3.8, 4) is 11.3 Å². The first kappa shape index (κ1) is 22.0. The molecule has 180 valence electrons. The molecular weight excluding hydrogens is 452 g/mol. The van der Waals surface area contributed by atoms with Crippen LogP contribution in [0, 0.1) is 17.0 Å². The standard InChI is InChI=1S/C26H25F2N5O2/c1-25(2)16-10-11-26(25,13-33(14-6-7-14)24(35)19-8-9-21(34)31-29-19)23-15(16)12-20(30-32-23)22-17(27)4-3-5-18(22)28/h3-5,8-9,12,14,16H,6-7,10-11,13H2,1-2H3,(H,31,34)/t16-,26-/m0/s1. The normalized spacial score (nSPS) is 23.8. The Kier molecular flexibility index (Phi) is 4.72. The maximum Gasteiger partial charge on any atom is 0.274 e. The molecule has 2 heterocycles. The molecule has 0 aliphatic heterocycles. The van der Waals surface area contributed by atoms with Crippen molar-refractivity contribution in [3.05, 3.63) is 75.3 Å². The third-order valence-corrected chi connectivity index (χ3v) is 8.42. The summed E-state index contributed by atoms with van der Waals surface area (Å²) in [6, 6.07) is 8.42. The van der Waals surface area contributed by atoms with Crippen LogP contribution < -0.4 is 5.56 Å². The van der Waals surface area contributed by atoms with Crippen LogP contribution in [0.3, 0.4) is 0 Å². The lowest BCUT2D eigenvalue weighted by molar-refractivity contribution is 0.0614. The molecule has 0 saturated heterocycles. The fraction of sp³-hybridized carbons (Fsp3) is 0.423. The highest BCUT2D eigenvalue weighted by Crippen LogP contribution is 2.67. The second kappa shape index (κ2) is 7.50. The summed E-state index contributed by atoms with van der Waals surface area (Å²) in [6.07, 6.45) is 3.57. The van der Waals surface area contributed by atoms with Gasteiger partial charge in [-0.05, 0) is 66.8 Å². The van der Waals surface area contributed by atoms with Gasteiger partial charge in [0.25, 0.3) is 11.5 Å². The van der Waals surface area contributed by atoms with Gasteiger partial charge in [0.2, 0.25) is 0 Å². The van der Waals surface area contributed by atoms with Gasteiger partial charge >= 0.3 is 0 Å². The molecule has 7 nitrogen and oxygen atoms in total. The minimum Gasteiger partial charge on any atom is -0.333 e. The van der Waals surface area contributed by atoms with E-state index in [1.54, 1.807) is 6.07 Å². The second-order valence-electron chi connectivity index (χ2n) is 10.5. The summed E-state index contributed by atoms with van der Waals surface area (Å²) in [5.74, 6) is -1.42. The number of nitrogens with one attached hydrogen (secondary N) is 1. The number of aromatic nitrogens is 4. The van der Waals surface area contributed by atoms with Crippen molar-refractivity contribution in [2.75, 3.05) is 6.54 Å². The molecule has 2 fully saturated rings. The number of amides is 1. The van der Waals surface area contributed by atoms with Gasteiger partial charge in [0.15, 0.2) is 0 Å². The van der Waals surface area contributed by atoms with E-state index in [-0.39, 0.29) is 45.8 Å². The Hall–Kier alpha value is -3.49. The quantitative estimate of drug-likeness (QED) is 0.601. The minimum absolute atomic E-state index is 0.115. The zero-order valence-corrected chi connectivity index (χ0v) is 19.5. The molecule has 2 aromatic heterocycles. The predicted molar refractivity (Wildman–Crippen MR) is 124 cm³/mol. The summed E-state index contributed by atoms with van der Waals surface area (Å²) in [5.41, 5.74) is 0.956. The summed E-state index contributed by atoms with van der Waals surface area (Å²) in [7, 11) is 0. The van der Waals surface area contributed by atoms with Crippen molar-refractivity contribution in [2.24, 2.45) is 5.41 Å². The molecule has 1 N–H and O–H groups in total. The highest BCUT2D eigenvalue weighted by Gasteiger charge is 2.64. The Balaban J connectivity index is 1.41. The van der Waals surface area contributed by atoms with Gasteiger partial charge in [0, 0.05) is 24.1 Å². The number of fused-ring (bicyclic) bond motifs is 5. The van der Waals surface area contributed by atoms with Gasteiger partial charge in [0.05, 0.1) is 17.0 Å². The zero-order valence-electron chi connectivity index (χ0n) is 19.5. The molecule has 9 heteroatoms. The first-order chi connectivity index (χ1) is 16.7. The van der Waals surface area contributed by atoms with E-state index in [2.05, 4.69) is 34.2 Å². The first-order valence-corrected chi connectivity index (χ1v) is 11.9. The molecule has 0 radical (unpaired) electrons. The van der Waals surface area contributed by atoms with Crippen LogP contribution in [0.25, 0.3) is 11.3 Å². The van der Waals surface area contributed by atoms with Crippen molar-refractivity contribution < 1.29 is 13.6 Å². The predicted octanol–water partition coefficient (Wildman–Crippen LogP) is 3.96. The summed E-state index contributed by atoms with van der Waals surface area (Å²) >= 11 is 0. The molecule has 0 unspecified atom stereocenters. The third kappa shape index (κ3) is 3.17. The van der Waals surface area contributed by atoms with Crippen molar-refractivity contribution in [1.82, 2.24) is 25.3 Å². The maximum atomic E-state index is 14.5. The van der Waals surface area contributed by atoms with Gasteiger partial charge < -0.3 is 4.90 Å². The van der Waals surface area contributed by atoms with Crippen LogP contribution in [0.2, 0.25) is 0 Å². The van der Waals surface area contributed by atoms with Crippen LogP contribution in [0.5, 0.6) is 0 Å². The molecule has 1 aromatic carbocycles. The summed E-state index contributed by atoms with van der Waals surface area (Å²) in [5, 5.41) is 15.1. The van der Waals surface area contributed by atoms with Crippen LogP contribution >= 0.6 is 0 Å². The van der Waals surface area contributed by atoms with Crippen molar-refractivity contribution in [1.29, 1.82) is 0 Å². The molecule has 3 aromatic rings. The van der Waals surface area contributed by atoms with Gasteiger partial charge in [0.1, 0.15) is 17.3 Å².